The molecule has 8 heteroatoms. The predicted octanol–water partition coefficient (Wildman–Crippen LogP) is 2.15. The van der Waals surface area contributed by atoms with Crippen LogP contribution in [0.3, 0.4) is 0 Å². The van der Waals surface area contributed by atoms with Crippen LogP contribution in [0.4, 0.5) is 0 Å². The Morgan fingerprint density at radius 2 is 1.72 bits per heavy atom. The highest BCUT2D eigenvalue weighted by molar-refractivity contribution is 5.95. The molecule has 1 aromatic carbocycles. The van der Waals surface area contributed by atoms with E-state index in [4.69, 9.17) is 14.2 Å². The van der Waals surface area contributed by atoms with E-state index in [0.717, 1.165) is 12.8 Å². The molecule has 1 fully saturated rings. The SMILES string of the molecule is CCOC(=O)C1CCCCN1C(=O)COC(=O)COc1ccc(C(=O)CC)cc1. The van der Waals surface area contributed by atoms with Gasteiger partial charge in [0.05, 0.1) is 6.61 Å². The molecule has 158 valence electrons. The third kappa shape index (κ3) is 6.58. The third-order valence-electron chi connectivity index (χ3n) is 4.59. The number of hydrogen-bond donors (Lipinski definition) is 0. The number of amides is 1. The van der Waals surface area contributed by atoms with Gasteiger partial charge in [-0.1, -0.05) is 6.92 Å². The van der Waals surface area contributed by atoms with Gasteiger partial charge in [-0.25, -0.2) is 9.59 Å². The summed E-state index contributed by atoms with van der Waals surface area (Å²) in [6, 6.07) is 5.82. The Balaban J connectivity index is 1.79. The van der Waals surface area contributed by atoms with Crippen molar-refractivity contribution >= 4 is 23.6 Å². The summed E-state index contributed by atoms with van der Waals surface area (Å²) in [7, 11) is 0. The van der Waals surface area contributed by atoms with Gasteiger partial charge in [0.1, 0.15) is 11.8 Å². The number of ether oxygens (including phenoxy) is 3. The van der Waals surface area contributed by atoms with Crippen molar-refractivity contribution in [1.29, 1.82) is 0 Å². The lowest BCUT2D eigenvalue weighted by atomic mass is 10.0. The topological polar surface area (TPSA) is 99.2 Å². The van der Waals surface area contributed by atoms with Crippen LogP contribution < -0.4 is 4.74 Å². The lowest BCUT2D eigenvalue weighted by Gasteiger charge is -2.33. The van der Waals surface area contributed by atoms with E-state index in [1.807, 2.05) is 0 Å². The summed E-state index contributed by atoms with van der Waals surface area (Å²) >= 11 is 0. The normalized spacial score (nSPS) is 16.1. The standard InChI is InChI=1S/C21H27NO7/c1-3-18(23)15-8-10-16(11-9-15)28-14-20(25)29-13-19(24)22-12-6-5-7-17(22)21(26)27-4-2/h8-11,17H,3-7,12-14H2,1-2H3. The third-order valence-corrected chi connectivity index (χ3v) is 4.59. The van der Waals surface area contributed by atoms with Crippen LogP contribution >= 0.6 is 0 Å². The average molecular weight is 405 g/mol. The Bertz CT molecular complexity index is 729. The first-order valence-electron chi connectivity index (χ1n) is 9.84. The molecule has 1 atom stereocenters. The molecule has 1 heterocycles. The van der Waals surface area contributed by atoms with Crippen molar-refractivity contribution in [3.05, 3.63) is 29.8 Å². The number of carbonyl (C=O) groups is 4. The van der Waals surface area contributed by atoms with E-state index in [0.29, 0.717) is 30.7 Å². The van der Waals surface area contributed by atoms with Crippen molar-refractivity contribution in [3.63, 3.8) is 0 Å². The zero-order valence-corrected chi connectivity index (χ0v) is 16.8. The minimum absolute atomic E-state index is 0.0216. The molecule has 0 N–H and O–H groups in total. The van der Waals surface area contributed by atoms with E-state index in [-0.39, 0.29) is 19.0 Å². The number of nitrogens with zero attached hydrogens (tertiary/aromatic N) is 1. The van der Waals surface area contributed by atoms with Crippen LogP contribution in [0.1, 0.15) is 49.9 Å². The Hall–Kier alpha value is -2.90. The van der Waals surface area contributed by atoms with E-state index in [9.17, 15) is 19.2 Å². The van der Waals surface area contributed by atoms with Crippen molar-refractivity contribution in [3.8, 4) is 5.75 Å². The highest BCUT2D eigenvalue weighted by Gasteiger charge is 2.33. The molecule has 1 saturated heterocycles. The lowest BCUT2D eigenvalue weighted by Crippen LogP contribution is -2.50. The fourth-order valence-electron chi connectivity index (χ4n) is 3.06. The molecule has 0 saturated carbocycles. The van der Waals surface area contributed by atoms with Gasteiger partial charge in [0.25, 0.3) is 5.91 Å². The highest BCUT2D eigenvalue weighted by Crippen LogP contribution is 2.19. The smallest absolute Gasteiger partial charge is 0.344 e. The first-order chi connectivity index (χ1) is 14.0. The van der Waals surface area contributed by atoms with Gasteiger partial charge in [-0.15, -0.1) is 0 Å². The largest absolute Gasteiger partial charge is 0.482 e. The molecule has 29 heavy (non-hydrogen) atoms. The fraction of sp³-hybridized carbons (Fsp3) is 0.524. The maximum absolute atomic E-state index is 12.4. The van der Waals surface area contributed by atoms with Gasteiger partial charge in [-0.05, 0) is 50.5 Å². The molecule has 1 aliphatic heterocycles. The van der Waals surface area contributed by atoms with Crippen molar-refractivity contribution in [2.75, 3.05) is 26.4 Å². The number of rotatable bonds is 9. The van der Waals surface area contributed by atoms with E-state index < -0.39 is 30.5 Å². The zero-order chi connectivity index (χ0) is 21.2. The van der Waals surface area contributed by atoms with Gasteiger partial charge < -0.3 is 19.1 Å². The van der Waals surface area contributed by atoms with E-state index >= 15 is 0 Å². The summed E-state index contributed by atoms with van der Waals surface area (Å²) in [4.78, 5) is 49.3. The van der Waals surface area contributed by atoms with Crippen LogP contribution in [0, 0.1) is 0 Å². The molecule has 1 unspecified atom stereocenters. The monoisotopic (exact) mass is 405 g/mol. The maximum Gasteiger partial charge on any atom is 0.344 e. The molecule has 0 spiro atoms. The summed E-state index contributed by atoms with van der Waals surface area (Å²) in [5.41, 5.74) is 0.575. The van der Waals surface area contributed by atoms with Gasteiger partial charge in [0.15, 0.2) is 19.0 Å². The Labute approximate surface area is 170 Å². The number of Topliss-reactive ketones (excluding diaryl/α,β-unsaturated/α-hetero) is 1. The molecule has 0 aromatic heterocycles. The molecule has 0 aliphatic carbocycles. The van der Waals surface area contributed by atoms with Gasteiger partial charge >= 0.3 is 11.9 Å². The highest BCUT2D eigenvalue weighted by atomic mass is 16.6. The van der Waals surface area contributed by atoms with Crippen molar-refractivity contribution in [2.24, 2.45) is 0 Å². The Kier molecular flexibility index (Phi) is 8.64. The van der Waals surface area contributed by atoms with Gasteiger partial charge in [0.2, 0.25) is 0 Å². The first-order valence-corrected chi connectivity index (χ1v) is 9.84. The van der Waals surface area contributed by atoms with Crippen LogP contribution in [-0.4, -0.2) is 60.9 Å². The number of esters is 2. The molecular formula is C21H27NO7. The second kappa shape index (κ2) is 11.2. The summed E-state index contributed by atoms with van der Waals surface area (Å²) in [5, 5.41) is 0. The van der Waals surface area contributed by atoms with Crippen LogP contribution in [0.25, 0.3) is 0 Å². The molecule has 1 aromatic rings. The maximum atomic E-state index is 12.4. The first kappa shape index (κ1) is 22.4. The lowest BCUT2D eigenvalue weighted by molar-refractivity contribution is -0.161. The molecule has 0 bridgehead atoms. The quantitative estimate of drug-likeness (QED) is 0.458. The zero-order valence-electron chi connectivity index (χ0n) is 16.8. The number of benzene rings is 1. The van der Waals surface area contributed by atoms with Gasteiger partial charge in [0, 0.05) is 18.5 Å². The molecule has 0 radical (unpaired) electrons. The minimum Gasteiger partial charge on any atom is -0.482 e. The van der Waals surface area contributed by atoms with E-state index in [1.165, 1.54) is 4.90 Å². The summed E-state index contributed by atoms with van der Waals surface area (Å²) < 4.78 is 15.3. The summed E-state index contributed by atoms with van der Waals surface area (Å²) in [6.07, 6.45) is 2.57. The van der Waals surface area contributed by atoms with Crippen molar-refractivity contribution in [2.45, 2.75) is 45.6 Å². The molecule has 1 amide bonds. The van der Waals surface area contributed by atoms with Crippen LogP contribution in [-0.2, 0) is 23.9 Å². The Morgan fingerprint density at radius 3 is 2.38 bits per heavy atom. The van der Waals surface area contributed by atoms with Crippen LogP contribution in [0.5, 0.6) is 5.75 Å². The van der Waals surface area contributed by atoms with E-state index in [1.54, 1.807) is 38.1 Å². The molecular weight excluding hydrogens is 378 g/mol. The van der Waals surface area contributed by atoms with Crippen molar-refractivity contribution < 1.29 is 33.4 Å². The average Bonchev–Trinajstić information content (AvgIpc) is 2.76. The van der Waals surface area contributed by atoms with Crippen LogP contribution in [0.2, 0.25) is 0 Å². The predicted molar refractivity (Wildman–Crippen MR) is 104 cm³/mol. The number of carbonyl (C=O) groups excluding carboxylic acids is 4. The van der Waals surface area contributed by atoms with Gasteiger partial charge in [-0.2, -0.15) is 0 Å². The number of piperidine rings is 1. The summed E-state index contributed by atoms with van der Waals surface area (Å²) in [5.74, 6) is -1.12. The van der Waals surface area contributed by atoms with Gasteiger partial charge in [-0.3, -0.25) is 9.59 Å². The number of hydrogen-bond acceptors (Lipinski definition) is 7. The minimum atomic E-state index is -0.697. The summed E-state index contributed by atoms with van der Waals surface area (Å²) in [6.45, 7) is 3.35. The number of ketones is 1. The second-order valence-electron chi connectivity index (χ2n) is 6.60. The molecule has 8 nitrogen and oxygen atoms in total. The fourth-order valence-corrected chi connectivity index (χ4v) is 3.06. The van der Waals surface area contributed by atoms with Crippen molar-refractivity contribution in [1.82, 2.24) is 4.90 Å². The Morgan fingerprint density at radius 1 is 1.00 bits per heavy atom. The van der Waals surface area contributed by atoms with Crippen LogP contribution in [0.15, 0.2) is 24.3 Å². The molecule has 1 aliphatic rings. The second-order valence-corrected chi connectivity index (χ2v) is 6.60. The number of likely N-dealkylation sites (tertiary alicyclic amines) is 1. The molecule has 2 rings (SSSR count). The van der Waals surface area contributed by atoms with E-state index in [2.05, 4.69) is 0 Å².